The highest BCUT2D eigenvalue weighted by atomic mass is 35.5. The van der Waals surface area contributed by atoms with E-state index in [0.29, 0.717) is 23.7 Å². The molecule has 25 heavy (non-hydrogen) atoms. The number of aliphatic hydroxyl groups excluding tert-OH is 1. The second-order valence-electron chi connectivity index (χ2n) is 6.37. The van der Waals surface area contributed by atoms with Crippen LogP contribution in [0.25, 0.3) is 0 Å². The molecule has 3 rings (SSSR count). The summed E-state index contributed by atoms with van der Waals surface area (Å²) in [6.07, 6.45) is 2.13. The third-order valence-corrected chi connectivity index (χ3v) is 6.24. The summed E-state index contributed by atoms with van der Waals surface area (Å²) in [5, 5.41) is 9.60. The van der Waals surface area contributed by atoms with Gasteiger partial charge < -0.3 is 10.8 Å². The van der Waals surface area contributed by atoms with Crippen molar-refractivity contribution < 1.29 is 13.5 Å². The molecule has 0 aromatic heterocycles. The molecule has 4 N–H and O–H groups in total. The number of hydrogen-bond acceptors (Lipinski definition) is 4. The van der Waals surface area contributed by atoms with E-state index in [2.05, 4.69) is 4.72 Å². The summed E-state index contributed by atoms with van der Waals surface area (Å²) in [5.74, 6) is 0.195. The lowest BCUT2D eigenvalue weighted by molar-refractivity contribution is 0.300. The molecule has 0 amide bonds. The SMILES string of the molecule is Nc1cc2c(cc1CCO)CC(CNS(=O)(=O)c1ccc(Cl)cc1)C2. The van der Waals surface area contributed by atoms with Crippen LogP contribution in [0.2, 0.25) is 5.02 Å². The predicted molar refractivity (Wildman–Crippen MR) is 99.2 cm³/mol. The van der Waals surface area contributed by atoms with Crippen LogP contribution in [-0.2, 0) is 29.3 Å². The van der Waals surface area contributed by atoms with E-state index >= 15 is 0 Å². The Morgan fingerprint density at radius 3 is 2.44 bits per heavy atom. The van der Waals surface area contributed by atoms with Gasteiger partial charge in [-0.15, -0.1) is 0 Å². The van der Waals surface area contributed by atoms with Crippen molar-refractivity contribution in [3.05, 3.63) is 58.1 Å². The first-order valence-corrected chi connectivity index (χ1v) is 10.0. The van der Waals surface area contributed by atoms with Crippen molar-refractivity contribution in [1.82, 2.24) is 4.72 Å². The van der Waals surface area contributed by atoms with Gasteiger partial charge in [0.15, 0.2) is 0 Å². The summed E-state index contributed by atoms with van der Waals surface area (Å²) in [5.41, 5.74) is 10.0. The Morgan fingerprint density at radius 1 is 1.16 bits per heavy atom. The standard InChI is InChI=1S/C18H21ClN2O3S/c19-16-1-3-17(4-2-16)25(23,24)21-11-12-7-14-9-13(5-6-22)18(20)10-15(14)8-12/h1-4,9-10,12,21-22H,5-8,11,20H2. The van der Waals surface area contributed by atoms with E-state index < -0.39 is 10.0 Å². The lowest BCUT2D eigenvalue weighted by Gasteiger charge is -2.11. The Bertz CT molecular complexity index is 867. The minimum Gasteiger partial charge on any atom is -0.398 e. The average Bonchev–Trinajstić information content (AvgIpc) is 2.96. The van der Waals surface area contributed by atoms with Crippen molar-refractivity contribution in [2.75, 3.05) is 18.9 Å². The summed E-state index contributed by atoms with van der Waals surface area (Å²) >= 11 is 5.80. The second-order valence-corrected chi connectivity index (χ2v) is 8.58. The highest BCUT2D eigenvalue weighted by molar-refractivity contribution is 7.89. The van der Waals surface area contributed by atoms with E-state index in [9.17, 15) is 8.42 Å². The highest BCUT2D eigenvalue weighted by Gasteiger charge is 2.24. The van der Waals surface area contributed by atoms with E-state index in [4.69, 9.17) is 22.4 Å². The van der Waals surface area contributed by atoms with Gasteiger partial charge in [-0.3, -0.25) is 0 Å². The average molecular weight is 381 g/mol. The van der Waals surface area contributed by atoms with Crippen LogP contribution in [0.5, 0.6) is 0 Å². The molecule has 7 heteroatoms. The molecule has 1 aliphatic rings. The fourth-order valence-corrected chi connectivity index (χ4v) is 4.48. The van der Waals surface area contributed by atoms with Gasteiger partial charge in [0.05, 0.1) is 4.90 Å². The summed E-state index contributed by atoms with van der Waals surface area (Å²) in [4.78, 5) is 0.210. The third-order valence-electron chi connectivity index (χ3n) is 4.55. The molecule has 0 bridgehead atoms. The quantitative estimate of drug-likeness (QED) is 0.669. The molecule has 1 aliphatic carbocycles. The zero-order valence-electron chi connectivity index (χ0n) is 13.7. The first-order chi connectivity index (χ1) is 11.9. The van der Waals surface area contributed by atoms with Crippen molar-refractivity contribution in [2.45, 2.75) is 24.2 Å². The Kier molecular flexibility index (Phi) is 5.34. The van der Waals surface area contributed by atoms with Crippen LogP contribution in [-0.4, -0.2) is 26.7 Å². The van der Waals surface area contributed by atoms with Crippen LogP contribution in [0.15, 0.2) is 41.3 Å². The van der Waals surface area contributed by atoms with Crippen molar-refractivity contribution in [1.29, 1.82) is 0 Å². The predicted octanol–water partition coefficient (Wildman–Crippen LogP) is 2.15. The Morgan fingerprint density at radius 2 is 1.80 bits per heavy atom. The summed E-state index contributed by atoms with van der Waals surface area (Å²) in [7, 11) is -3.54. The fourth-order valence-electron chi connectivity index (χ4n) is 3.24. The molecule has 134 valence electrons. The van der Waals surface area contributed by atoms with E-state index in [-0.39, 0.29) is 17.4 Å². The third kappa shape index (κ3) is 4.15. The molecule has 0 radical (unpaired) electrons. The van der Waals surface area contributed by atoms with Crippen molar-refractivity contribution in [3.63, 3.8) is 0 Å². The maximum Gasteiger partial charge on any atom is 0.240 e. The number of nitrogens with one attached hydrogen (secondary N) is 1. The van der Waals surface area contributed by atoms with E-state index in [1.54, 1.807) is 12.1 Å². The number of nitrogens with two attached hydrogens (primary N) is 1. The first kappa shape index (κ1) is 18.2. The molecule has 2 aromatic rings. The smallest absolute Gasteiger partial charge is 0.240 e. The van der Waals surface area contributed by atoms with Gasteiger partial charge in [-0.05, 0) is 72.2 Å². The molecule has 1 unspecified atom stereocenters. The topological polar surface area (TPSA) is 92.4 Å². The number of fused-ring (bicyclic) bond motifs is 1. The zero-order chi connectivity index (χ0) is 18.0. The van der Waals surface area contributed by atoms with Crippen LogP contribution < -0.4 is 10.5 Å². The monoisotopic (exact) mass is 380 g/mol. The number of anilines is 1. The number of benzene rings is 2. The minimum atomic E-state index is -3.54. The summed E-state index contributed by atoms with van der Waals surface area (Å²) in [6, 6.07) is 10.1. The van der Waals surface area contributed by atoms with Gasteiger partial charge in [-0.1, -0.05) is 17.7 Å². The van der Waals surface area contributed by atoms with Crippen LogP contribution in [0.4, 0.5) is 5.69 Å². The van der Waals surface area contributed by atoms with Gasteiger partial charge >= 0.3 is 0 Å². The van der Waals surface area contributed by atoms with Gasteiger partial charge in [-0.2, -0.15) is 0 Å². The molecule has 5 nitrogen and oxygen atoms in total. The number of rotatable bonds is 6. The largest absolute Gasteiger partial charge is 0.398 e. The molecule has 0 spiro atoms. The maximum atomic E-state index is 12.4. The summed E-state index contributed by atoms with van der Waals surface area (Å²) < 4.78 is 27.4. The molecule has 0 heterocycles. The van der Waals surface area contributed by atoms with Gasteiger partial charge in [0, 0.05) is 23.9 Å². The Balaban J connectivity index is 1.66. The van der Waals surface area contributed by atoms with Gasteiger partial charge in [0.2, 0.25) is 10.0 Å². The first-order valence-electron chi connectivity index (χ1n) is 8.15. The van der Waals surface area contributed by atoms with Crippen LogP contribution in [0.1, 0.15) is 16.7 Å². The highest BCUT2D eigenvalue weighted by Crippen LogP contribution is 2.30. The van der Waals surface area contributed by atoms with E-state index in [0.717, 1.165) is 24.0 Å². The van der Waals surface area contributed by atoms with Crippen molar-refractivity contribution in [3.8, 4) is 0 Å². The summed E-state index contributed by atoms with van der Waals surface area (Å²) in [6.45, 7) is 0.433. The van der Waals surface area contributed by atoms with Crippen LogP contribution >= 0.6 is 11.6 Å². The fraction of sp³-hybridized carbons (Fsp3) is 0.333. The molecular weight excluding hydrogens is 360 g/mol. The number of aliphatic hydroxyl groups is 1. The second kappa shape index (κ2) is 7.33. The lowest BCUT2D eigenvalue weighted by atomic mass is 10.0. The number of sulfonamides is 1. The molecule has 2 aromatic carbocycles. The molecule has 0 fully saturated rings. The maximum absolute atomic E-state index is 12.4. The molecule has 0 saturated heterocycles. The van der Waals surface area contributed by atoms with Gasteiger partial charge in [-0.25, -0.2) is 13.1 Å². The molecule has 1 atom stereocenters. The van der Waals surface area contributed by atoms with Gasteiger partial charge in [0.1, 0.15) is 0 Å². The minimum absolute atomic E-state index is 0.0628. The van der Waals surface area contributed by atoms with E-state index in [1.165, 1.54) is 17.7 Å². The van der Waals surface area contributed by atoms with Crippen LogP contribution in [0.3, 0.4) is 0 Å². The normalized spacial score (nSPS) is 16.8. The van der Waals surface area contributed by atoms with Crippen molar-refractivity contribution in [2.24, 2.45) is 5.92 Å². The Hall–Kier alpha value is -1.60. The van der Waals surface area contributed by atoms with E-state index in [1.807, 2.05) is 12.1 Å². The number of halogens is 1. The zero-order valence-corrected chi connectivity index (χ0v) is 15.3. The molecule has 0 aliphatic heterocycles. The lowest BCUT2D eigenvalue weighted by Crippen LogP contribution is -2.29. The number of nitrogen functional groups attached to an aromatic ring is 1. The number of hydrogen-bond donors (Lipinski definition) is 3. The molecule has 0 saturated carbocycles. The Labute approximate surface area is 152 Å². The van der Waals surface area contributed by atoms with Gasteiger partial charge in [0.25, 0.3) is 0 Å². The van der Waals surface area contributed by atoms with Crippen LogP contribution in [0, 0.1) is 5.92 Å². The van der Waals surface area contributed by atoms with Crippen molar-refractivity contribution >= 4 is 27.3 Å². The molecular formula is C18H21ClN2O3S.